The average molecular weight is 533 g/mol. The van der Waals surface area contributed by atoms with Gasteiger partial charge in [0.05, 0.1) is 12.5 Å². The summed E-state index contributed by atoms with van der Waals surface area (Å²) < 4.78 is 44.4. The SMILES string of the molecule is COCCCc1cc(CN(C(=O)[C@H]2CNCC[C@]2(O)c2cc(F)cc(F)c2)C2CC2)cc(OCCOC)c1. The Balaban J connectivity index is 1.59. The van der Waals surface area contributed by atoms with Gasteiger partial charge in [0.25, 0.3) is 0 Å². The highest BCUT2D eigenvalue weighted by molar-refractivity contribution is 5.81. The van der Waals surface area contributed by atoms with Crippen molar-refractivity contribution in [2.24, 2.45) is 5.92 Å². The summed E-state index contributed by atoms with van der Waals surface area (Å²) in [4.78, 5) is 15.8. The Morgan fingerprint density at radius 1 is 1.03 bits per heavy atom. The smallest absolute Gasteiger partial charge is 0.230 e. The Bertz CT molecular complexity index is 1050. The van der Waals surface area contributed by atoms with Gasteiger partial charge in [0.15, 0.2) is 0 Å². The lowest BCUT2D eigenvalue weighted by Gasteiger charge is -2.42. The molecule has 1 saturated carbocycles. The number of nitrogens with one attached hydrogen (secondary N) is 1. The predicted octanol–water partition coefficient (Wildman–Crippen LogP) is 3.56. The van der Waals surface area contributed by atoms with Gasteiger partial charge in [-0.05, 0) is 79.6 Å². The van der Waals surface area contributed by atoms with Crippen molar-refractivity contribution in [1.29, 1.82) is 0 Å². The molecule has 208 valence electrons. The van der Waals surface area contributed by atoms with Gasteiger partial charge in [0.1, 0.15) is 29.6 Å². The largest absolute Gasteiger partial charge is 0.491 e. The number of hydrogen-bond donors (Lipinski definition) is 2. The van der Waals surface area contributed by atoms with Gasteiger partial charge < -0.3 is 29.5 Å². The first-order chi connectivity index (χ1) is 18.3. The molecule has 7 nitrogen and oxygen atoms in total. The Hall–Kier alpha value is -2.59. The lowest BCUT2D eigenvalue weighted by Crippen LogP contribution is -2.55. The number of rotatable bonds is 13. The first kappa shape index (κ1) is 28.4. The minimum atomic E-state index is -1.67. The van der Waals surface area contributed by atoms with E-state index < -0.39 is 23.2 Å². The molecule has 0 radical (unpaired) electrons. The molecule has 1 amide bonds. The van der Waals surface area contributed by atoms with Crippen LogP contribution in [-0.2, 0) is 32.8 Å². The molecule has 1 saturated heterocycles. The number of halogens is 2. The number of carbonyl (C=O) groups is 1. The molecule has 0 bridgehead atoms. The molecule has 2 atom stereocenters. The zero-order chi connectivity index (χ0) is 27.1. The zero-order valence-corrected chi connectivity index (χ0v) is 22.2. The minimum absolute atomic E-state index is 0.0629. The van der Waals surface area contributed by atoms with E-state index in [-0.39, 0.29) is 30.5 Å². The third-order valence-electron chi connectivity index (χ3n) is 7.29. The van der Waals surface area contributed by atoms with Crippen molar-refractivity contribution in [3.8, 4) is 5.75 Å². The van der Waals surface area contributed by atoms with Gasteiger partial charge in [-0.25, -0.2) is 8.78 Å². The average Bonchev–Trinajstić information content (AvgIpc) is 3.72. The second kappa shape index (κ2) is 13.0. The van der Waals surface area contributed by atoms with Crippen LogP contribution < -0.4 is 10.1 Å². The molecule has 4 rings (SSSR count). The normalized spacial score (nSPS) is 21.3. The number of methoxy groups -OCH3 is 2. The van der Waals surface area contributed by atoms with Crippen LogP contribution in [0.15, 0.2) is 36.4 Å². The molecule has 1 aliphatic heterocycles. The van der Waals surface area contributed by atoms with Crippen molar-refractivity contribution < 1.29 is 32.9 Å². The van der Waals surface area contributed by atoms with Crippen LogP contribution in [0.3, 0.4) is 0 Å². The quantitative estimate of drug-likeness (QED) is 0.384. The molecule has 2 N–H and O–H groups in total. The molecule has 2 aromatic rings. The Labute approximate surface area is 223 Å². The van der Waals surface area contributed by atoms with Gasteiger partial charge >= 0.3 is 0 Å². The molecule has 2 aromatic carbocycles. The van der Waals surface area contributed by atoms with Crippen molar-refractivity contribution in [3.05, 3.63) is 64.7 Å². The summed E-state index contributed by atoms with van der Waals surface area (Å²) in [5, 5.41) is 14.9. The summed E-state index contributed by atoms with van der Waals surface area (Å²) in [7, 11) is 3.29. The first-order valence-corrected chi connectivity index (χ1v) is 13.3. The Kier molecular flexibility index (Phi) is 9.70. The van der Waals surface area contributed by atoms with E-state index in [2.05, 4.69) is 11.4 Å². The van der Waals surface area contributed by atoms with Crippen molar-refractivity contribution in [1.82, 2.24) is 10.2 Å². The predicted molar refractivity (Wildman–Crippen MR) is 139 cm³/mol. The molecule has 0 aromatic heterocycles. The van der Waals surface area contributed by atoms with Gasteiger partial charge in [0.2, 0.25) is 5.91 Å². The van der Waals surface area contributed by atoms with Gasteiger partial charge in [-0.2, -0.15) is 0 Å². The van der Waals surface area contributed by atoms with Crippen molar-refractivity contribution in [2.45, 2.75) is 50.3 Å². The highest BCUT2D eigenvalue weighted by atomic mass is 19.1. The van der Waals surface area contributed by atoms with E-state index in [9.17, 15) is 18.7 Å². The third-order valence-corrected chi connectivity index (χ3v) is 7.29. The lowest BCUT2D eigenvalue weighted by molar-refractivity contribution is -0.150. The molecular weight excluding hydrogens is 494 g/mol. The number of piperidine rings is 1. The van der Waals surface area contributed by atoms with Crippen LogP contribution in [0.2, 0.25) is 0 Å². The summed E-state index contributed by atoms with van der Waals surface area (Å²) in [6, 6.07) is 9.10. The zero-order valence-electron chi connectivity index (χ0n) is 22.2. The van der Waals surface area contributed by atoms with Crippen LogP contribution in [0.1, 0.15) is 42.4 Å². The second-order valence-electron chi connectivity index (χ2n) is 10.2. The summed E-state index contributed by atoms with van der Waals surface area (Å²) in [5.74, 6) is -1.94. The molecule has 2 fully saturated rings. The molecule has 1 aliphatic carbocycles. The third kappa shape index (κ3) is 7.08. The van der Waals surface area contributed by atoms with Gasteiger partial charge in [0, 0.05) is 46.0 Å². The number of ether oxygens (including phenoxy) is 3. The minimum Gasteiger partial charge on any atom is -0.491 e. The maximum Gasteiger partial charge on any atom is 0.230 e. The number of hydrogen-bond acceptors (Lipinski definition) is 6. The van der Waals surface area contributed by atoms with Crippen LogP contribution in [0.4, 0.5) is 8.78 Å². The van der Waals surface area contributed by atoms with Crippen molar-refractivity contribution in [3.63, 3.8) is 0 Å². The molecular formula is C29H38F2N2O5. The van der Waals surface area contributed by atoms with Crippen molar-refractivity contribution >= 4 is 5.91 Å². The van der Waals surface area contributed by atoms with Crippen LogP contribution in [0.25, 0.3) is 0 Å². The van der Waals surface area contributed by atoms with E-state index in [4.69, 9.17) is 14.2 Å². The highest BCUT2D eigenvalue weighted by Crippen LogP contribution is 2.39. The van der Waals surface area contributed by atoms with Gasteiger partial charge in [-0.15, -0.1) is 0 Å². The molecule has 1 heterocycles. The molecule has 38 heavy (non-hydrogen) atoms. The molecule has 0 unspecified atom stereocenters. The van der Waals surface area contributed by atoms with Crippen LogP contribution in [-0.4, -0.2) is 69.1 Å². The first-order valence-electron chi connectivity index (χ1n) is 13.3. The second-order valence-corrected chi connectivity index (χ2v) is 10.2. The van der Waals surface area contributed by atoms with E-state index in [1.165, 1.54) is 0 Å². The number of amides is 1. The van der Waals surface area contributed by atoms with Crippen LogP contribution >= 0.6 is 0 Å². The number of benzene rings is 2. The summed E-state index contributed by atoms with van der Waals surface area (Å²) in [6.07, 6.45) is 3.59. The fourth-order valence-corrected chi connectivity index (χ4v) is 5.19. The maximum absolute atomic E-state index is 14.1. The van der Waals surface area contributed by atoms with Crippen molar-refractivity contribution in [2.75, 3.05) is 47.1 Å². The fourth-order valence-electron chi connectivity index (χ4n) is 5.19. The van der Waals surface area contributed by atoms with Crippen LogP contribution in [0.5, 0.6) is 5.75 Å². The fraction of sp³-hybridized carbons (Fsp3) is 0.552. The topological polar surface area (TPSA) is 80.3 Å². The van der Waals surface area contributed by atoms with Gasteiger partial charge in [-0.1, -0.05) is 6.07 Å². The van der Waals surface area contributed by atoms with E-state index >= 15 is 0 Å². The highest BCUT2D eigenvalue weighted by Gasteiger charge is 2.48. The number of aliphatic hydroxyl groups is 1. The number of aryl methyl sites for hydroxylation is 1. The summed E-state index contributed by atoms with van der Waals surface area (Å²) in [6.45, 7) is 2.53. The molecule has 0 spiro atoms. The Morgan fingerprint density at radius 3 is 2.42 bits per heavy atom. The lowest BCUT2D eigenvalue weighted by atomic mass is 9.75. The summed E-state index contributed by atoms with van der Waals surface area (Å²) >= 11 is 0. The van der Waals surface area contributed by atoms with E-state index in [1.807, 2.05) is 17.0 Å². The van der Waals surface area contributed by atoms with E-state index in [1.54, 1.807) is 14.2 Å². The van der Waals surface area contributed by atoms with Crippen LogP contribution in [0, 0.1) is 17.6 Å². The maximum atomic E-state index is 14.1. The molecule has 9 heteroatoms. The number of carbonyl (C=O) groups excluding carboxylic acids is 1. The standard InChI is InChI=1S/C29H38F2N2O5/c1-36-9-3-4-20-12-21(14-26(13-20)38-11-10-37-2)19-33(25-5-6-25)28(34)27-18-32-8-7-29(27,35)22-15-23(30)17-24(31)16-22/h12-17,25,27,32,35H,3-11,18-19H2,1-2H3/t27-,29+/m1/s1. The monoisotopic (exact) mass is 532 g/mol. The summed E-state index contributed by atoms with van der Waals surface area (Å²) in [5.41, 5.74) is 0.437. The number of nitrogens with zero attached hydrogens (tertiary/aromatic N) is 1. The van der Waals surface area contributed by atoms with Gasteiger partial charge in [-0.3, -0.25) is 4.79 Å². The Morgan fingerprint density at radius 2 is 1.74 bits per heavy atom. The van der Waals surface area contributed by atoms with E-state index in [0.29, 0.717) is 38.7 Å². The molecule has 2 aliphatic rings. The van der Waals surface area contributed by atoms with E-state index in [0.717, 1.165) is 55.0 Å².